The molecule has 112 valence electrons. The third-order valence-corrected chi connectivity index (χ3v) is 4.99. The molecular weight excluding hydrogens is 256 g/mol. The van der Waals surface area contributed by atoms with Crippen LogP contribution >= 0.6 is 0 Å². The zero-order chi connectivity index (χ0) is 14.1. The van der Waals surface area contributed by atoms with E-state index in [2.05, 4.69) is 5.32 Å². The number of nitrogens with zero attached hydrogens (tertiary/aromatic N) is 1. The first-order chi connectivity index (χ1) is 9.70. The molecule has 2 aliphatic carbocycles. The highest BCUT2D eigenvalue weighted by atomic mass is 16.3. The Morgan fingerprint density at radius 2 is 1.90 bits per heavy atom. The first-order valence-electron chi connectivity index (χ1n) is 7.92. The van der Waals surface area contributed by atoms with Crippen LogP contribution in [0.2, 0.25) is 0 Å². The van der Waals surface area contributed by atoms with Crippen LogP contribution in [0, 0.1) is 11.8 Å². The fraction of sp³-hybridized carbons (Fsp3) is 0.867. The predicted octanol–water partition coefficient (Wildman–Crippen LogP) is 0.665. The molecule has 0 aromatic rings. The second-order valence-electron chi connectivity index (χ2n) is 6.45. The summed E-state index contributed by atoms with van der Waals surface area (Å²) in [5, 5.41) is 12.4. The van der Waals surface area contributed by atoms with Crippen molar-refractivity contribution in [2.24, 2.45) is 11.8 Å². The van der Waals surface area contributed by atoms with Crippen LogP contribution in [0.1, 0.15) is 44.9 Å². The van der Waals surface area contributed by atoms with Crippen LogP contribution < -0.4 is 5.32 Å². The second-order valence-corrected chi connectivity index (χ2v) is 6.45. The average Bonchev–Trinajstić information content (AvgIpc) is 3.01. The van der Waals surface area contributed by atoms with E-state index in [9.17, 15) is 14.7 Å². The van der Waals surface area contributed by atoms with Crippen LogP contribution in [-0.4, -0.2) is 47.1 Å². The van der Waals surface area contributed by atoms with E-state index in [0.29, 0.717) is 0 Å². The van der Waals surface area contributed by atoms with Crippen LogP contribution in [-0.2, 0) is 9.59 Å². The van der Waals surface area contributed by atoms with Gasteiger partial charge in [0.25, 0.3) is 0 Å². The highest BCUT2D eigenvalue weighted by Gasteiger charge is 2.41. The van der Waals surface area contributed by atoms with Gasteiger partial charge in [-0.25, -0.2) is 0 Å². The summed E-state index contributed by atoms with van der Waals surface area (Å²) in [5.41, 5.74) is 0. The summed E-state index contributed by atoms with van der Waals surface area (Å²) in [4.78, 5) is 26.4. The molecule has 2 saturated carbocycles. The van der Waals surface area contributed by atoms with E-state index in [0.717, 1.165) is 51.5 Å². The summed E-state index contributed by atoms with van der Waals surface area (Å²) >= 11 is 0. The topological polar surface area (TPSA) is 69.6 Å². The summed E-state index contributed by atoms with van der Waals surface area (Å²) in [5.74, 6) is 0.530. The van der Waals surface area contributed by atoms with Gasteiger partial charge in [-0.2, -0.15) is 0 Å². The molecule has 0 spiro atoms. The molecule has 1 aliphatic heterocycles. The van der Waals surface area contributed by atoms with Crippen molar-refractivity contribution in [3.8, 4) is 0 Å². The fourth-order valence-electron chi connectivity index (χ4n) is 3.59. The van der Waals surface area contributed by atoms with Crippen molar-refractivity contribution in [1.82, 2.24) is 10.2 Å². The van der Waals surface area contributed by atoms with Crippen molar-refractivity contribution in [1.29, 1.82) is 0 Å². The lowest BCUT2D eigenvalue weighted by Gasteiger charge is -2.27. The lowest BCUT2D eigenvalue weighted by atomic mass is 10.0. The van der Waals surface area contributed by atoms with Gasteiger partial charge in [0.15, 0.2) is 0 Å². The van der Waals surface area contributed by atoms with Crippen LogP contribution in [0.25, 0.3) is 0 Å². The van der Waals surface area contributed by atoms with Gasteiger partial charge in [-0.05, 0) is 38.5 Å². The number of hydrogen-bond donors (Lipinski definition) is 2. The number of amides is 2. The molecule has 5 nitrogen and oxygen atoms in total. The lowest BCUT2D eigenvalue weighted by Crippen LogP contribution is -2.50. The molecule has 3 fully saturated rings. The Labute approximate surface area is 119 Å². The van der Waals surface area contributed by atoms with Gasteiger partial charge in [0.05, 0.1) is 0 Å². The predicted molar refractivity (Wildman–Crippen MR) is 73.8 cm³/mol. The zero-order valence-corrected chi connectivity index (χ0v) is 11.9. The normalized spacial score (nSPS) is 33.5. The van der Waals surface area contributed by atoms with Gasteiger partial charge in [0.1, 0.15) is 6.04 Å². The number of nitrogens with one attached hydrogen (secondary N) is 1. The quantitative estimate of drug-likeness (QED) is 0.795. The Bertz CT molecular complexity index is 395. The van der Waals surface area contributed by atoms with Crippen molar-refractivity contribution in [3.63, 3.8) is 0 Å². The van der Waals surface area contributed by atoms with Crippen molar-refractivity contribution in [2.45, 2.75) is 57.0 Å². The molecule has 0 radical (unpaired) electrons. The van der Waals surface area contributed by atoms with Gasteiger partial charge in [-0.1, -0.05) is 6.42 Å². The standard InChI is InChI=1S/C15H24N2O3/c18-9-11-3-1-4-12(11)16-14(19)13-5-2-8-17(13)15(20)10-6-7-10/h10-13,18H,1-9H2,(H,16,19). The maximum absolute atomic E-state index is 12.4. The minimum atomic E-state index is -0.275. The van der Waals surface area contributed by atoms with Gasteiger partial charge >= 0.3 is 0 Å². The number of likely N-dealkylation sites (tertiary alicyclic amines) is 1. The average molecular weight is 280 g/mol. The van der Waals surface area contributed by atoms with Crippen molar-refractivity contribution < 1.29 is 14.7 Å². The Kier molecular flexibility index (Phi) is 3.96. The monoisotopic (exact) mass is 280 g/mol. The minimum absolute atomic E-state index is 0.0122. The molecule has 20 heavy (non-hydrogen) atoms. The number of carbonyl (C=O) groups excluding carboxylic acids is 2. The van der Waals surface area contributed by atoms with E-state index in [1.165, 1.54) is 0 Å². The molecule has 0 aromatic carbocycles. The van der Waals surface area contributed by atoms with Crippen LogP contribution in [0.5, 0.6) is 0 Å². The van der Waals surface area contributed by atoms with E-state index in [-0.39, 0.29) is 42.3 Å². The Morgan fingerprint density at radius 1 is 1.10 bits per heavy atom. The summed E-state index contributed by atoms with van der Waals surface area (Å²) in [7, 11) is 0. The SMILES string of the molecule is O=C(NC1CCCC1CO)C1CCCN1C(=O)C1CC1. The number of aliphatic hydroxyl groups excluding tert-OH is 1. The van der Waals surface area contributed by atoms with Crippen molar-refractivity contribution in [2.75, 3.05) is 13.2 Å². The third kappa shape index (κ3) is 2.68. The van der Waals surface area contributed by atoms with Gasteiger partial charge in [-0.3, -0.25) is 9.59 Å². The van der Waals surface area contributed by atoms with E-state index in [4.69, 9.17) is 0 Å². The first-order valence-corrected chi connectivity index (χ1v) is 7.92. The Hall–Kier alpha value is -1.10. The minimum Gasteiger partial charge on any atom is -0.396 e. The summed E-state index contributed by atoms with van der Waals surface area (Å²) in [6.45, 7) is 0.863. The highest BCUT2D eigenvalue weighted by molar-refractivity contribution is 5.90. The molecule has 3 atom stereocenters. The molecule has 3 aliphatic rings. The van der Waals surface area contributed by atoms with Crippen molar-refractivity contribution in [3.05, 3.63) is 0 Å². The molecule has 1 heterocycles. The molecule has 3 rings (SSSR count). The maximum Gasteiger partial charge on any atom is 0.243 e. The van der Waals surface area contributed by atoms with E-state index in [1.54, 1.807) is 4.90 Å². The third-order valence-electron chi connectivity index (χ3n) is 4.99. The maximum atomic E-state index is 12.4. The van der Waals surface area contributed by atoms with E-state index >= 15 is 0 Å². The van der Waals surface area contributed by atoms with Crippen LogP contribution in [0.3, 0.4) is 0 Å². The van der Waals surface area contributed by atoms with E-state index in [1.807, 2.05) is 0 Å². The number of rotatable bonds is 4. The van der Waals surface area contributed by atoms with Crippen LogP contribution in [0.15, 0.2) is 0 Å². The van der Waals surface area contributed by atoms with Crippen molar-refractivity contribution >= 4 is 11.8 Å². The molecule has 2 N–H and O–H groups in total. The Morgan fingerprint density at radius 3 is 2.60 bits per heavy atom. The van der Waals surface area contributed by atoms with Gasteiger partial charge in [-0.15, -0.1) is 0 Å². The molecule has 2 amide bonds. The number of hydrogen-bond acceptors (Lipinski definition) is 3. The lowest BCUT2D eigenvalue weighted by molar-refractivity contribution is -0.139. The zero-order valence-electron chi connectivity index (χ0n) is 11.9. The van der Waals surface area contributed by atoms with Gasteiger partial charge < -0.3 is 15.3 Å². The molecule has 0 aromatic heterocycles. The molecule has 3 unspecified atom stereocenters. The molecule has 5 heteroatoms. The summed E-state index contributed by atoms with van der Waals surface area (Å²) < 4.78 is 0. The second kappa shape index (κ2) is 5.72. The summed E-state index contributed by atoms with van der Waals surface area (Å²) in [6.07, 6.45) is 6.66. The Balaban J connectivity index is 1.59. The first kappa shape index (κ1) is 13.9. The van der Waals surface area contributed by atoms with E-state index < -0.39 is 0 Å². The van der Waals surface area contributed by atoms with Crippen LogP contribution in [0.4, 0.5) is 0 Å². The fourth-order valence-corrected chi connectivity index (χ4v) is 3.59. The summed E-state index contributed by atoms with van der Waals surface area (Å²) in [6, 6.07) is -0.186. The molecule has 0 bridgehead atoms. The molecular formula is C15H24N2O3. The van der Waals surface area contributed by atoms with Gasteiger partial charge in [0.2, 0.25) is 11.8 Å². The number of aliphatic hydroxyl groups is 1. The number of carbonyl (C=O) groups is 2. The molecule has 1 saturated heterocycles. The largest absolute Gasteiger partial charge is 0.396 e. The highest BCUT2D eigenvalue weighted by Crippen LogP contribution is 2.34. The smallest absolute Gasteiger partial charge is 0.243 e. The van der Waals surface area contributed by atoms with Gasteiger partial charge in [0, 0.05) is 31.0 Å².